The van der Waals surface area contributed by atoms with Gasteiger partial charge in [-0.3, -0.25) is 4.79 Å². The van der Waals surface area contributed by atoms with E-state index in [1.165, 1.54) is 6.42 Å². The fraction of sp³-hybridized carbons (Fsp3) is 0.364. The monoisotopic (exact) mass is 207 g/mol. The van der Waals surface area contributed by atoms with Crippen molar-refractivity contribution in [3.8, 4) is 0 Å². The first kappa shape index (κ1) is 9.59. The van der Waals surface area contributed by atoms with Gasteiger partial charge in [0.25, 0.3) is 0 Å². The third-order valence-corrected chi connectivity index (χ3v) is 2.91. The highest BCUT2D eigenvalue weighted by atomic mass is 32.1. The summed E-state index contributed by atoms with van der Waals surface area (Å²) in [7, 11) is 0. The van der Waals surface area contributed by atoms with Crippen LogP contribution in [0.1, 0.15) is 19.3 Å². The number of benzene rings is 1. The van der Waals surface area contributed by atoms with Crippen molar-refractivity contribution in [3.05, 3.63) is 24.3 Å². The van der Waals surface area contributed by atoms with E-state index in [0.717, 1.165) is 23.4 Å². The second kappa shape index (κ2) is 4.05. The highest BCUT2D eigenvalue weighted by Crippen LogP contribution is 2.27. The summed E-state index contributed by atoms with van der Waals surface area (Å²) in [6, 6.07) is 7.50. The van der Waals surface area contributed by atoms with E-state index in [1.807, 2.05) is 24.3 Å². The number of rotatable bonds is 2. The predicted octanol–water partition coefficient (Wildman–Crippen LogP) is 2.71. The van der Waals surface area contributed by atoms with Crippen molar-refractivity contribution in [1.29, 1.82) is 0 Å². The second-order valence-corrected chi connectivity index (χ2v) is 4.18. The molecule has 0 aromatic heterocycles. The molecule has 1 amide bonds. The van der Waals surface area contributed by atoms with Crippen molar-refractivity contribution in [1.82, 2.24) is 0 Å². The molecule has 1 aromatic rings. The number of hydrogen-bond acceptors (Lipinski definition) is 2. The van der Waals surface area contributed by atoms with E-state index in [2.05, 4.69) is 17.9 Å². The second-order valence-electron chi connectivity index (χ2n) is 3.66. The Hall–Kier alpha value is -0.960. The molecular formula is C11H13NOS. The Balaban J connectivity index is 1.96. The van der Waals surface area contributed by atoms with Gasteiger partial charge in [-0.05, 0) is 37.1 Å². The number of thiol groups is 1. The topological polar surface area (TPSA) is 29.1 Å². The van der Waals surface area contributed by atoms with Crippen molar-refractivity contribution in [2.45, 2.75) is 24.2 Å². The molecule has 1 fully saturated rings. The van der Waals surface area contributed by atoms with E-state index in [0.29, 0.717) is 0 Å². The van der Waals surface area contributed by atoms with Gasteiger partial charge in [0.1, 0.15) is 0 Å². The Morgan fingerprint density at radius 3 is 2.43 bits per heavy atom. The zero-order valence-corrected chi connectivity index (χ0v) is 8.76. The molecule has 1 aliphatic carbocycles. The Morgan fingerprint density at radius 2 is 1.93 bits per heavy atom. The summed E-state index contributed by atoms with van der Waals surface area (Å²) < 4.78 is 0. The maximum absolute atomic E-state index is 11.5. The van der Waals surface area contributed by atoms with Crippen molar-refractivity contribution >= 4 is 24.2 Å². The zero-order valence-electron chi connectivity index (χ0n) is 7.86. The summed E-state index contributed by atoms with van der Waals surface area (Å²) in [5, 5.41) is 2.90. The predicted molar refractivity (Wildman–Crippen MR) is 59.7 cm³/mol. The number of carbonyl (C=O) groups is 1. The van der Waals surface area contributed by atoms with Gasteiger partial charge in [-0.15, -0.1) is 12.6 Å². The highest BCUT2D eigenvalue weighted by Gasteiger charge is 2.24. The Labute approximate surface area is 89.1 Å². The quantitative estimate of drug-likeness (QED) is 0.717. The first-order valence-electron chi connectivity index (χ1n) is 4.85. The van der Waals surface area contributed by atoms with E-state index < -0.39 is 0 Å². The largest absolute Gasteiger partial charge is 0.326 e. The molecule has 1 aromatic carbocycles. The molecule has 0 radical (unpaired) electrons. The van der Waals surface area contributed by atoms with E-state index >= 15 is 0 Å². The van der Waals surface area contributed by atoms with E-state index in [1.54, 1.807) is 0 Å². The van der Waals surface area contributed by atoms with Gasteiger partial charge in [-0.2, -0.15) is 0 Å². The van der Waals surface area contributed by atoms with Crippen LogP contribution in [0.3, 0.4) is 0 Å². The van der Waals surface area contributed by atoms with E-state index in [-0.39, 0.29) is 11.8 Å². The maximum atomic E-state index is 11.5. The lowest BCUT2D eigenvalue weighted by Crippen LogP contribution is -2.27. The van der Waals surface area contributed by atoms with Gasteiger partial charge in [0.15, 0.2) is 0 Å². The molecule has 1 saturated carbocycles. The molecule has 0 heterocycles. The maximum Gasteiger partial charge on any atom is 0.227 e. The molecule has 0 spiro atoms. The van der Waals surface area contributed by atoms with Gasteiger partial charge < -0.3 is 5.32 Å². The SMILES string of the molecule is O=C(Nc1ccc(S)cc1)C1CCC1. The van der Waals surface area contributed by atoms with E-state index in [4.69, 9.17) is 0 Å². The van der Waals surface area contributed by atoms with Gasteiger partial charge in [0, 0.05) is 16.5 Å². The third kappa shape index (κ3) is 2.10. The summed E-state index contributed by atoms with van der Waals surface area (Å²) in [4.78, 5) is 12.5. The first-order valence-corrected chi connectivity index (χ1v) is 5.30. The van der Waals surface area contributed by atoms with Gasteiger partial charge in [-0.25, -0.2) is 0 Å². The average Bonchev–Trinajstić information content (AvgIpc) is 2.06. The molecule has 14 heavy (non-hydrogen) atoms. The molecular weight excluding hydrogens is 194 g/mol. The van der Waals surface area contributed by atoms with Gasteiger partial charge >= 0.3 is 0 Å². The average molecular weight is 207 g/mol. The molecule has 2 rings (SSSR count). The smallest absolute Gasteiger partial charge is 0.227 e. The van der Waals surface area contributed by atoms with Crippen LogP contribution in [0.5, 0.6) is 0 Å². The number of amides is 1. The normalized spacial score (nSPS) is 16.1. The third-order valence-electron chi connectivity index (χ3n) is 2.61. The van der Waals surface area contributed by atoms with Crippen molar-refractivity contribution in [2.24, 2.45) is 5.92 Å². The molecule has 0 saturated heterocycles. The summed E-state index contributed by atoms with van der Waals surface area (Å²) >= 11 is 4.18. The van der Waals surface area contributed by atoms with Crippen LogP contribution in [0, 0.1) is 5.92 Å². The molecule has 2 nitrogen and oxygen atoms in total. The van der Waals surface area contributed by atoms with Crippen LogP contribution in [-0.2, 0) is 4.79 Å². The minimum atomic E-state index is 0.156. The molecule has 0 aliphatic heterocycles. The Morgan fingerprint density at radius 1 is 1.29 bits per heavy atom. The summed E-state index contributed by atoms with van der Waals surface area (Å²) in [6.07, 6.45) is 3.26. The van der Waals surface area contributed by atoms with Crippen LogP contribution >= 0.6 is 12.6 Å². The lowest BCUT2D eigenvalue weighted by molar-refractivity contribution is -0.122. The van der Waals surface area contributed by atoms with Crippen LogP contribution < -0.4 is 5.32 Å². The lowest BCUT2D eigenvalue weighted by Gasteiger charge is -2.23. The first-order chi connectivity index (χ1) is 6.75. The Bertz CT molecular complexity index is 330. The Kier molecular flexibility index (Phi) is 2.77. The van der Waals surface area contributed by atoms with Gasteiger partial charge in [-0.1, -0.05) is 6.42 Å². The molecule has 0 bridgehead atoms. The number of carbonyl (C=O) groups excluding carboxylic acids is 1. The fourth-order valence-electron chi connectivity index (χ4n) is 1.46. The fourth-order valence-corrected chi connectivity index (χ4v) is 1.61. The summed E-state index contributed by atoms with van der Waals surface area (Å²) in [5.74, 6) is 0.397. The summed E-state index contributed by atoms with van der Waals surface area (Å²) in [5.41, 5.74) is 0.861. The summed E-state index contributed by atoms with van der Waals surface area (Å²) in [6.45, 7) is 0. The van der Waals surface area contributed by atoms with Crippen LogP contribution in [0.4, 0.5) is 5.69 Å². The van der Waals surface area contributed by atoms with Gasteiger partial charge in [0.2, 0.25) is 5.91 Å². The van der Waals surface area contributed by atoms with Crippen LogP contribution in [0.25, 0.3) is 0 Å². The minimum absolute atomic E-state index is 0.156. The molecule has 1 aliphatic rings. The molecule has 3 heteroatoms. The van der Waals surface area contributed by atoms with Crippen LogP contribution in [0.15, 0.2) is 29.2 Å². The highest BCUT2D eigenvalue weighted by molar-refractivity contribution is 7.80. The zero-order chi connectivity index (χ0) is 9.97. The minimum Gasteiger partial charge on any atom is -0.326 e. The van der Waals surface area contributed by atoms with E-state index in [9.17, 15) is 4.79 Å². The van der Waals surface area contributed by atoms with Gasteiger partial charge in [0.05, 0.1) is 0 Å². The number of anilines is 1. The van der Waals surface area contributed by atoms with Crippen LogP contribution in [0.2, 0.25) is 0 Å². The molecule has 0 atom stereocenters. The molecule has 1 N–H and O–H groups in total. The van der Waals surface area contributed by atoms with Crippen molar-refractivity contribution in [3.63, 3.8) is 0 Å². The lowest BCUT2D eigenvalue weighted by atomic mass is 9.85. The van der Waals surface area contributed by atoms with Crippen LogP contribution in [-0.4, -0.2) is 5.91 Å². The number of nitrogens with one attached hydrogen (secondary N) is 1. The molecule has 74 valence electrons. The van der Waals surface area contributed by atoms with Crippen molar-refractivity contribution in [2.75, 3.05) is 5.32 Å². The van der Waals surface area contributed by atoms with Crippen molar-refractivity contribution < 1.29 is 4.79 Å². The number of hydrogen-bond donors (Lipinski definition) is 2. The molecule has 0 unspecified atom stereocenters. The standard InChI is InChI=1S/C11H13NOS/c13-11(8-2-1-3-8)12-9-4-6-10(14)7-5-9/h4-8,14H,1-3H2,(H,12,13).